The predicted octanol–water partition coefficient (Wildman–Crippen LogP) is 3.65. The minimum atomic E-state index is 0.266. The number of nitrogens with zero attached hydrogens (tertiary/aromatic N) is 2. The number of fused-ring (bicyclic) bond motifs is 1. The molecular formula is C14H16Cl2N2O. The van der Waals surface area contributed by atoms with Crippen LogP contribution in [-0.4, -0.2) is 28.1 Å². The van der Waals surface area contributed by atoms with Crippen LogP contribution in [0.25, 0.3) is 11.0 Å². The fourth-order valence-corrected chi connectivity index (χ4v) is 3.09. The number of halogens is 2. The Kier molecular flexibility index (Phi) is 3.96. The van der Waals surface area contributed by atoms with Gasteiger partial charge in [0.2, 0.25) is 0 Å². The lowest BCUT2D eigenvalue weighted by Gasteiger charge is -2.14. The third-order valence-electron chi connectivity index (χ3n) is 3.52. The molecule has 0 bridgehead atoms. The molecule has 2 aromatic rings. The number of hydrogen-bond acceptors (Lipinski definition) is 2. The second-order valence-electron chi connectivity index (χ2n) is 4.82. The van der Waals surface area contributed by atoms with Gasteiger partial charge in [-0.25, -0.2) is 4.98 Å². The summed E-state index contributed by atoms with van der Waals surface area (Å²) in [5.74, 6) is 1.56. The number of benzene rings is 1. The molecule has 1 aromatic heterocycles. The molecule has 1 unspecified atom stereocenters. The highest BCUT2D eigenvalue weighted by molar-refractivity contribution is 6.35. The maximum absolute atomic E-state index is 6.33. The number of rotatable bonds is 4. The lowest BCUT2D eigenvalue weighted by molar-refractivity contribution is 0.0973. The number of alkyl halides is 1. The Hall–Kier alpha value is -0.770. The molecule has 0 amide bonds. The molecule has 1 atom stereocenters. The number of imidazole rings is 1. The summed E-state index contributed by atoms with van der Waals surface area (Å²) in [5.41, 5.74) is 1.94. The first kappa shape index (κ1) is 13.2. The van der Waals surface area contributed by atoms with E-state index in [1.165, 1.54) is 0 Å². The van der Waals surface area contributed by atoms with Crippen LogP contribution >= 0.6 is 23.2 Å². The van der Waals surface area contributed by atoms with Crippen LogP contribution in [0.3, 0.4) is 0 Å². The highest BCUT2D eigenvalue weighted by atomic mass is 35.5. The van der Waals surface area contributed by atoms with E-state index in [0.717, 1.165) is 54.3 Å². The minimum Gasteiger partial charge on any atom is -0.376 e. The zero-order valence-electron chi connectivity index (χ0n) is 10.6. The Morgan fingerprint density at radius 1 is 1.42 bits per heavy atom. The zero-order valence-corrected chi connectivity index (χ0v) is 12.1. The second kappa shape index (κ2) is 5.70. The molecule has 2 heterocycles. The third-order valence-corrected chi connectivity index (χ3v) is 4.02. The van der Waals surface area contributed by atoms with Crippen molar-refractivity contribution < 1.29 is 4.74 Å². The molecule has 1 aliphatic rings. The Morgan fingerprint density at radius 3 is 3.05 bits per heavy atom. The van der Waals surface area contributed by atoms with E-state index in [-0.39, 0.29) is 6.10 Å². The van der Waals surface area contributed by atoms with Gasteiger partial charge in [-0.05, 0) is 25.0 Å². The van der Waals surface area contributed by atoms with Crippen molar-refractivity contribution in [1.82, 2.24) is 9.55 Å². The molecule has 5 heteroatoms. The van der Waals surface area contributed by atoms with Crippen molar-refractivity contribution in [3.8, 4) is 0 Å². The molecule has 0 aliphatic carbocycles. The van der Waals surface area contributed by atoms with Crippen LogP contribution in [0.2, 0.25) is 5.02 Å². The molecule has 3 nitrogen and oxygen atoms in total. The number of para-hydroxylation sites is 1. The minimum absolute atomic E-state index is 0.266. The fraction of sp³-hybridized carbons (Fsp3) is 0.500. The van der Waals surface area contributed by atoms with Crippen LogP contribution in [0.5, 0.6) is 0 Å². The summed E-state index contributed by atoms with van der Waals surface area (Å²) >= 11 is 12.2. The van der Waals surface area contributed by atoms with Crippen molar-refractivity contribution in [2.45, 2.75) is 31.9 Å². The van der Waals surface area contributed by atoms with Gasteiger partial charge in [0.15, 0.2) is 0 Å². The summed E-state index contributed by atoms with van der Waals surface area (Å²) in [7, 11) is 0. The molecular weight excluding hydrogens is 283 g/mol. The van der Waals surface area contributed by atoms with Gasteiger partial charge in [-0.1, -0.05) is 17.7 Å². The standard InChI is InChI=1S/C14H16Cl2N2O/c15-7-6-13-17-12-5-1-4-11(16)14(12)18(13)9-10-3-2-8-19-10/h1,4-5,10H,2-3,6-9H2. The quantitative estimate of drug-likeness (QED) is 0.806. The summed E-state index contributed by atoms with van der Waals surface area (Å²) in [5, 5.41) is 0.740. The van der Waals surface area contributed by atoms with Gasteiger partial charge in [0, 0.05) is 18.9 Å². The molecule has 102 valence electrons. The lowest BCUT2D eigenvalue weighted by atomic mass is 10.2. The average Bonchev–Trinajstić information content (AvgIpc) is 3.00. The zero-order chi connectivity index (χ0) is 13.2. The smallest absolute Gasteiger partial charge is 0.111 e. The molecule has 0 spiro atoms. The summed E-state index contributed by atoms with van der Waals surface area (Å²) in [4.78, 5) is 4.64. The van der Waals surface area contributed by atoms with E-state index in [0.29, 0.717) is 5.88 Å². The molecule has 1 fully saturated rings. The third kappa shape index (κ3) is 2.60. The first-order valence-electron chi connectivity index (χ1n) is 6.61. The molecule has 1 aliphatic heterocycles. The largest absolute Gasteiger partial charge is 0.376 e. The molecule has 1 saturated heterocycles. The lowest BCUT2D eigenvalue weighted by Crippen LogP contribution is -2.17. The van der Waals surface area contributed by atoms with Gasteiger partial charge >= 0.3 is 0 Å². The Morgan fingerprint density at radius 2 is 2.32 bits per heavy atom. The monoisotopic (exact) mass is 298 g/mol. The van der Waals surface area contributed by atoms with E-state index in [1.54, 1.807) is 0 Å². The summed E-state index contributed by atoms with van der Waals surface area (Å²) < 4.78 is 7.90. The predicted molar refractivity (Wildman–Crippen MR) is 78.1 cm³/mol. The van der Waals surface area contributed by atoms with Crippen molar-refractivity contribution in [1.29, 1.82) is 0 Å². The normalized spacial score (nSPS) is 19.4. The molecule has 0 saturated carbocycles. The first-order chi connectivity index (χ1) is 9.29. The summed E-state index contributed by atoms with van der Waals surface area (Å²) in [6.45, 7) is 1.67. The molecule has 3 rings (SSSR count). The van der Waals surface area contributed by atoms with Gasteiger partial charge in [-0.3, -0.25) is 0 Å². The molecule has 0 radical (unpaired) electrons. The summed E-state index contributed by atoms with van der Waals surface area (Å²) in [6, 6.07) is 5.82. The van der Waals surface area contributed by atoms with Gasteiger partial charge in [0.25, 0.3) is 0 Å². The van der Waals surface area contributed by atoms with Gasteiger partial charge < -0.3 is 9.30 Å². The average molecular weight is 299 g/mol. The fourth-order valence-electron chi connectivity index (χ4n) is 2.65. The van der Waals surface area contributed by atoms with Gasteiger partial charge in [0.1, 0.15) is 5.82 Å². The molecule has 1 aromatic carbocycles. The topological polar surface area (TPSA) is 27.1 Å². The number of hydrogen-bond donors (Lipinski definition) is 0. The van der Waals surface area contributed by atoms with E-state index in [4.69, 9.17) is 27.9 Å². The van der Waals surface area contributed by atoms with Crippen molar-refractivity contribution in [2.75, 3.05) is 12.5 Å². The first-order valence-corrected chi connectivity index (χ1v) is 7.52. The van der Waals surface area contributed by atoms with Crippen LogP contribution in [0, 0.1) is 0 Å². The Labute approximate surface area is 122 Å². The van der Waals surface area contributed by atoms with Gasteiger partial charge in [-0.15, -0.1) is 11.6 Å². The Bertz CT molecular complexity index is 576. The van der Waals surface area contributed by atoms with Crippen LogP contribution in [-0.2, 0) is 17.7 Å². The maximum atomic E-state index is 6.33. The van der Waals surface area contributed by atoms with Gasteiger partial charge in [-0.2, -0.15) is 0 Å². The van der Waals surface area contributed by atoms with Crippen molar-refractivity contribution >= 4 is 34.2 Å². The molecule has 19 heavy (non-hydrogen) atoms. The number of ether oxygens (including phenoxy) is 1. The van der Waals surface area contributed by atoms with E-state index >= 15 is 0 Å². The van der Waals surface area contributed by atoms with Crippen molar-refractivity contribution in [3.63, 3.8) is 0 Å². The van der Waals surface area contributed by atoms with Crippen LogP contribution in [0.1, 0.15) is 18.7 Å². The maximum Gasteiger partial charge on any atom is 0.111 e. The van der Waals surface area contributed by atoms with Crippen molar-refractivity contribution in [3.05, 3.63) is 29.0 Å². The van der Waals surface area contributed by atoms with Crippen LogP contribution in [0.4, 0.5) is 0 Å². The van der Waals surface area contributed by atoms with E-state index in [2.05, 4.69) is 9.55 Å². The molecule has 0 N–H and O–H groups in total. The van der Waals surface area contributed by atoms with Crippen molar-refractivity contribution in [2.24, 2.45) is 0 Å². The Balaban J connectivity index is 2.04. The SMILES string of the molecule is ClCCc1nc2cccc(Cl)c2n1CC1CCCO1. The van der Waals surface area contributed by atoms with Crippen LogP contribution < -0.4 is 0 Å². The van der Waals surface area contributed by atoms with Crippen LogP contribution in [0.15, 0.2) is 18.2 Å². The van der Waals surface area contributed by atoms with Gasteiger partial charge in [0.05, 0.1) is 28.7 Å². The summed E-state index contributed by atoms with van der Waals surface area (Å²) in [6.07, 6.45) is 3.25. The highest BCUT2D eigenvalue weighted by Gasteiger charge is 2.20. The van der Waals surface area contributed by atoms with E-state index < -0.39 is 0 Å². The second-order valence-corrected chi connectivity index (χ2v) is 5.61. The number of aromatic nitrogens is 2. The number of aryl methyl sites for hydroxylation is 1. The van der Waals surface area contributed by atoms with E-state index in [1.807, 2.05) is 18.2 Å². The highest BCUT2D eigenvalue weighted by Crippen LogP contribution is 2.27. The van der Waals surface area contributed by atoms with E-state index in [9.17, 15) is 0 Å².